The molecule has 0 amide bonds. The summed E-state index contributed by atoms with van der Waals surface area (Å²) in [7, 11) is 0.750. The topological polar surface area (TPSA) is 0 Å². The molecule has 88 valence electrons. The van der Waals surface area contributed by atoms with E-state index in [0.717, 1.165) is 9.52 Å². The normalized spacial score (nSPS) is 10.4. The molecule has 0 aliphatic carbocycles. The third-order valence-corrected chi connectivity index (χ3v) is 5.07. The molecule has 0 spiro atoms. The van der Waals surface area contributed by atoms with E-state index in [9.17, 15) is 0 Å². The van der Waals surface area contributed by atoms with E-state index in [4.69, 9.17) is 0 Å². The van der Waals surface area contributed by atoms with Gasteiger partial charge in [-0.15, -0.1) is 34.2 Å². The van der Waals surface area contributed by atoms with Crippen LogP contribution in [0.2, 0.25) is 0 Å². The minimum Gasteiger partial charge on any atom is -0.168 e. The van der Waals surface area contributed by atoms with Gasteiger partial charge in [0.2, 0.25) is 0 Å². The molecule has 0 fully saturated rings. The van der Waals surface area contributed by atoms with E-state index in [-0.39, 0.29) is 18.9 Å². The first-order valence-electron chi connectivity index (χ1n) is 6.23. The Morgan fingerprint density at radius 1 is 0.895 bits per heavy atom. The molecule has 0 heterocycles. The Bertz CT molecular complexity index is 697. The molecule has 0 N–H and O–H groups in total. The number of benzene rings is 2. The molecule has 2 heteroatoms. The summed E-state index contributed by atoms with van der Waals surface area (Å²) in [6.45, 7) is 4.41. The van der Waals surface area contributed by atoms with Crippen LogP contribution in [-0.2, 0) is 0 Å². The first kappa shape index (κ1) is 14.3. The van der Waals surface area contributed by atoms with Crippen molar-refractivity contribution in [2.75, 3.05) is 0 Å². The summed E-state index contributed by atoms with van der Waals surface area (Å²) in [5, 5.41) is 5.67. The number of aryl methyl sites for hydroxylation is 1. The van der Waals surface area contributed by atoms with Gasteiger partial charge in [-0.2, -0.15) is 12.1 Å². The van der Waals surface area contributed by atoms with Crippen molar-refractivity contribution < 1.29 is 18.9 Å². The van der Waals surface area contributed by atoms with Gasteiger partial charge >= 0.3 is 18.9 Å². The summed E-state index contributed by atoms with van der Waals surface area (Å²) in [5.74, 6) is 0. The van der Waals surface area contributed by atoms with Crippen molar-refractivity contribution in [2.24, 2.45) is 0 Å². The molecular formula is C17H15LiSi. The third-order valence-electron chi connectivity index (χ3n) is 3.55. The second-order valence-corrected chi connectivity index (χ2v) is 6.03. The number of hydrogen-bond donors (Lipinski definition) is 0. The average Bonchev–Trinajstić information content (AvgIpc) is 2.79. The molecule has 0 atom stereocenters. The zero-order valence-corrected chi connectivity index (χ0v) is 12.7. The summed E-state index contributed by atoms with van der Waals surface area (Å²) in [6.07, 6.45) is 0. The Hall–Kier alpha value is -1.14. The van der Waals surface area contributed by atoms with Crippen LogP contribution in [0.25, 0.3) is 10.8 Å². The van der Waals surface area contributed by atoms with Crippen molar-refractivity contribution in [1.29, 1.82) is 0 Å². The largest absolute Gasteiger partial charge is 1.00 e. The fourth-order valence-corrected chi connectivity index (χ4v) is 3.67. The van der Waals surface area contributed by atoms with Gasteiger partial charge in [0.05, 0.1) is 9.52 Å². The smallest absolute Gasteiger partial charge is 0.168 e. The summed E-state index contributed by atoms with van der Waals surface area (Å²) in [4.78, 5) is 0. The quantitative estimate of drug-likeness (QED) is 0.440. The zero-order chi connectivity index (χ0) is 12.5. The Morgan fingerprint density at radius 3 is 2.53 bits per heavy atom. The molecule has 0 aliphatic rings. The molecule has 0 aliphatic heterocycles. The molecule has 0 bridgehead atoms. The van der Waals surface area contributed by atoms with Crippen LogP contribution in [-0.4, -0.2) is 9.52 Å². The zero-order valence-electron chi connectivity index (χ0n) is 11.7. The van der Waals surface area contributed by atoms with E-state index >= 15 is 0 Å². The number of hydrogen-bond acceptors (Lipinski definition) is 0. The molecule has 0 nitrogen and oxygen atoms in total. The van der Waals surface area contributed by atoms with Crippen LogP contribution in [0.1, 0.15) is 11.1 Å². The fourth-order valence-electron chi connectivity index (χ4n) is 2.29. The summed E-state index contributed by atoms with van der Waals surface area (Å²) in [6, 6.07) is 19.7. The van der Waals surface area contributed by atoms with Crippen molar-refractivity contribution in [3.63, 3.8) is 0 Å². The summed E-state index contributed by atoms with van der Waals surface area (Å²) < 4.78 is 0. The predicted molar refractivity (Wildman–Crippen MR) is 80.5 cm³/mol. The van der Waals surface area contributed by atoms with Crippen molar-refractivity contribution in [3.8, 4) is 0 Å². The maximum atomic E-state index is 2.27. The second kappa shape index (κ2) is 5.88. The molecule has 19 heavy (non-hydrogen) atoms. The Labute approximate surface area is 129 Å². The van der Waals surface area contributed by atoms with Gasteiger partial charge in [0.25, 0.3) is 0 Å². The van der Waals surface area contributed by atoms with E-state index in [2.05, 4.69) is 68.4 Å². The summed E-state index contributed by atoms with van der Waals surface area (Å²) >= 11 is 0. The van der Waals surface area contributed by atoms with Gasteiger partial charge in [0.1, 0.15) is 0 Å². The Morgan fingerprint density at radius 2 is 1.68 bits per heavy atom. The van der Waals surface area contributed by atoms with Gasteiger partial charge in [0.15, 0.2) is 0 Å². The van der Waals surface area contributed by atoms with Crippen LogP contribution < -0.4 is 29.2 Å². The van der Waals surface area contributed by atoms with Crippen LogP contribution in [0.5, 0.6) is 0 Å². The van der Waals surface area contributed by atoms with E-state index < -0.39 is 0 Å². The van der Waals surface area contributed by atoms with Crippen molar-refractivity contribution in [2.45, 2.75) is 13.8 Å². The first-order chi connectivity index (χ1) is 8.75. The third kappa shape index (κ3) is 2.74. The van der Waals surface area contributed by atoms with Gasteiger partial charge < -0.3 is 0 Å². The van der Waals surface area contributed by atoms with Crippen molar-refractivity contribution in [3.05, 3.63) is 65.7 Å². The SMILES string of the molecule is Cc1cccc([Si][c-]2ccc3ccccc32)c1C.[Li+]. The maximum absolute atomic E-state index is 2.27. The van der Waals surface area contributed by atoms with Crippen LogP contribution in [0.4, 0.5) is 0 Å². The van der Waals surface area contributed by atoms with Gasteiger partial charge in [-0.25, -0.2) is 0 Å². The van der Waals surface area contributed by atoms with E-state index in [1.54, 1.807) is 0 Å². The van der Waals surface area contributed by atoms with Crippen LogP contribution in [0.3, 0.4) is 0 Å². The first-order valence-corrected chi connectivity index (χ1v) is 7.23. The molecule has 0 unspecified atom stereocenters. The number of fused-ring (bicyclic) bond motifs is 1. The van der Waals surface area contributed by atoms with Gasteiger partial charge in [0, 0.05) is 0 Å². The molecule has 3 rings (SSSR count). The van der Waals surface area contributed by atoms with Gasteiger partial charge in [-0.1, -0.05) is 35.0 Å². The van der Waals surface area contributed by atoms with Gasteiger partial charge in [-0.3, -0.25) is 0 Å². The van der Waals surface area contributed by atoms with Crippen LogP contribution in [0.15, 0.2) is 54.6 Å². The Balaban J connectivity index is 0.00000133. The van der Waals surface area contributed by atoms with Crippen molar-refractivity contribution in [1.82, 2.24) is 0 Å². The van der Waals surface area contributed by atoms with Crippen LogP contribution in [0, 0.1) is 13.8 Å². The van der Waals surface area contributed by atoms with E-state index in [1.807, 2.05) is 0 Å². The molecule has 2 radical (unpaired) electrons. The van der Waals surface area contributed by atoms with Gasteiger partial charge in [-0.05, 0) is 19.4 Å². The fraction of sp³-hybridized carbons (Fsp3) is 0.118. The predicted octanol–water partition coefficient (Wildman–Crippen LogP) is -0.165. The minimum atomic E-state index is 0. The molecule has 0 aromatic heterocycles. The van der Waals surface area contributed by atoms with E-state index in [0.29, 0.717) is 0 Å². The molecule has 0 saturated carbocycles. The molecular weight excluding hydrogens is 239 g/mol. The van der Waals surface area contributed by atoms with Crippen LogP contribution >= 0.6 is 0 Å². The van der Waals surface area contributed by atoms with Crippen molar-refractivity contribution >= 4 is 30.7 Å². The maximum Gasteiger partial charge on any atom is 1.00 e. The molecule has 0 saturated heterocycles. The molecule has 3 aromatic carbocycles. The second-order valence-electron chi connectivity index (χ2n) is 4.71. The standard InChI is InChI=1S/C17H15Si.Li/c1-12-6-5-9-16(13(12)2)18-17-11-10-14-7-3-4-8-15(14)17;/h3-11H,1-2H3;/q-1;+1. The molecule has 3 aromatic rings. The minimum absolute atomic E-state index is 0. The number of rotatable bonds is 2. The summed E-state index contributed by atoms with van der Waals surface area (Å²) in [5.41, 5.74) is 2.82. The average molecular weight is 254 g/mol. The monoisotopic (exact) mass is 254 g/mol. The van der Waals surface area contributed by atoms with E-state index in [1.165, 1.54) is 32.3 Å². The Kier molecular flexibility index (Phi) is 4.42.